The molecule has 6 nitrogen and oxygen atoms in total. The number of rotatable bonds is 5. The Morgan fingerprint density at radius 1 is 1.14 bits per heavy atom. The van der Waals surface area contributed by atoms with Crippen molar-refractivity contribution < 1.29 is 13.9 Å². The Morgan fingerprint density at radius 2 is 1.86 bits per heavy atom. The third-order valence-corrected chi connectivity index (χ3v) is 4.77. The van der Waals surface area contributed by atoms with E-state index in [9.17, 15) is 9.18 Å². The van der Waals surface area contributed by atoms with E-state index >= 15 is 0 Å². The Kier molecular flexibility index (Phi) is 5.32. The highest BCUT2D eigenvalue weighted by molar-refractivity contribution is 6.33. The van der Waals surface area contributed by atoms with Crippen LogP contribution in [-0.2, 0) is 12.6 Å². The molecule has 0 aliphatic carbocycles. The fourth-order valence-corrected chi connectivity index (χ4v) is 3.29. The predicted octanol–water partition coefficient (Wildman–Crippen LogP) is 4.34. The first-order valence-electron chi connectivity index (χ1n) is 8.24. The maximum Gasteiger partial charge on any atom is 0.248 e. The monoisotopic (exact) mass is 422 g/mol. The van der Waals surface area contributed by atoms with E-state index in [2.05, 4.69) is 10.2 Å². The quantitative estimate of drug-likeness (QED) is 0.662. The molecule has 3 rings (SSSR count). The highest BCUT2D eigenvalue weighted by Gasteiger charge is 2.31. The molecule has 0 radical (unpaired) electrons. The van der Waals surface area contributed by atoms with Gasteiger partial charge in [0.1, 0.15) is 11.6 Å². The summed E-state index contributed by atoms with van der Waals surface area (Å²) in [6.45, 7) is 3.58. The van der Waals surface area contributed by atoms with Crippen molar-refractivity contribution in [3.8, 4) is 17.1 Å². The first-order chi connectivity index (χ1) is 13.1. The molecule has 0 fully saturated rings. The van der Waals surface area contributed by atoms with Gasteiger partial charge < -0.3 is 15.0 Å². The number of halogens is 3. The van der Waals surface area contributed by atoms with Crippen LogP contribution in [0.5, 0.6) is 5.75 Å². The largest absolute Gasteiger partial charge is 0.478 e. The van der Waals surface area contributed by atoms with E-state index in [1.165, 1.54) is 24.3 Å². The van der Waals surface area contributed by atoms with Gasteiger partial charge in [0.25, 0.3) is 0 Å². The average Bonchev–Trinajstić information content (AvgIpc) is 2.99. The number of hydrogen-bond donors (Lipinski definition) is 1. The lowest BCUT2D eigenvalue weighted by Gasteiger charge is -2.26. The standard InChI is InChI=1S/C19H17Cl2FN4O2/c1-19(2,28-15-7-5-11(22)9-14(15)21)18-25-24-17(26(18)3)12-6-4-10(16(23)27)8-13(12)20/h4-9H,1-3H3,(H2,23,27). The summed E-state index contributed by atoms with van der Waals surface area (Å²) in [5.74, 6) is 0.278. The highest BCUT2D eigenvalue weighted by atomic mass is 35.5. The smallest absolute Gasteiger partial charge is 0.248 e. The summed E-state index contributed by atoms with van der Waals surface area (Å²) in [6.07, 6.45) is 0. The lowest BCUT2D eigenvalue weighted by Crippen LogP contribution is -2.29. The number of primary amides is 1. The van der Waals surface area contributed by atoms with Crippen LogP contribution >= 0.6 is 23.2 Å². The van der Waals surface area contributed by atoms with Crippen molar-refractivity contribution in [1.82, 2.24) is 14.8 Å². The third-order valence-electron chi connectivity index (χ3n) is 4.17. The van der Waals surface area contributed by atoms with E-state index in [-0.39, 0.29) is 5.02 Å². The molecule has 1 aromatic heterocycles. The van der Waals surface area contributed by atoms with Crippen LogP contribution in [0.2, 0.25) is 10.0 Å². The SMILES string of the molecule is Cn1c(-c2ccc(C(N)=O)cc2Cl)nnc1C(C)(C)Oc1ccc(F)cc1Cl. The third kappa shape index (κ3) is 3.81. The molecule has 146 valence electrons. The number of ether oxygens (including phenoxy) is 1. The number of amides is 1. The summed E-state index contributed by atoms with van der Waals surface area (Å²) >= 11 is 12.4. The normalized spacial score (nSPS) is 11.5. The first kappa shape index (κ1) is 20.1. The molecule has 0 bridgehead atoms. The molecule has 9 heteroatoms. The van der Waals surface area contributed by atoms with E-state index in [0.29, 0.717) is 33.5 Å². The fourth-order valence-electron chi connectivity index (χ4n) is 2.82. The Bertz CT molecular complexity index is 1070. The minimum Gasteiger partial charge on any atom is -0.478 e. The minimum absolute atomic E-state index is 0.153. The molecular formula is C19H17Cl2FN4O2. The van der Waals surface area contributed by atoms with Crippen LogP contribution in [0.3, 0.4) is 0 Å². The Balaban J connectivity index is 1.97. The number of benzene rings is 2. The summed E-state index contributed by atoms with van der Waals surface area (Å²) in [7, 11) is 1.76. The van der Waals surface area contributed by atoms with Gasteiger partial charge in [-0.15, -0.1) is 10.2 Å². The molecule has 0 aliphatic heterocycles. The van der Waals surface area contributed by atoms with Crippen molar-refractivity contribution in [2.45, 2.75) is 19.4 Å². The van der Waals surface area contributed by atoms with E-state index in [0.717, 1.165) is 0 Å². The van der Waals surface area contributed by atoms with Gasteiger partial charge >= 0.3 is 0 Å². The molecule has 0 spiro atoms. The van der Waals surface area contributed by atoms with Gasteiger partial charge in [0.05, 0.1) is 10.0 Å². The van der Waals surface area contributed by atoms with Crippen LogP contribution in [0, 0.1) is 5.82 Å². The molecule has 1 heterocycles. The number of aromatic nitrogens is 3. The van der Waals surface area contributed by atoms with Crippen molar-refractivity contribution in [2.75, 3.05) is 0 Å². The van der Waals surface area contributed by atoms with Crippen LogP contribution in [0.15, 0.2) is 36.4 Å². The van der Waals surface area contributed by atoms with Gasteiger partial charge in [-0.2, -0.15) is 0 Å². The topological polar surface area (TPSA) is 83.0 Å². The highest BCUT2D eigenvalue weighted by Crippen LogP contribution is 2.34. The number of carbonyl (C=O) groups excluding carboxylic acids is 1. The zero-order valence-electron chi connectivity index (χ0n) is 15.3. The lowest BCUT2D eigenvalue weighted by atomic mass is 10.1. The number of carbonyl (C=O) groups is 1. The second-order valence-corrected chi connectivity index (χ2v) is 7.47. The van der Waals surface area contributed by atoms with Crippen molar-refractivity contribution in [3.05, 3.63) is 63.6 Å². The van der Waals surface area contributed by atoms with Crippen molar-refractivity contribution in [2.24, 2.45) is 12.8 Å². The lowest BCUT2D eigenvalue weighted by molar-refractivity contribution is 0.0949. The van der Waals surface area contributed by atoms with E-state index in [1.807, 2.05) is 0 Å². The fraction of sp³-hybridized carbons (Fsp3) is 0.211. The summed E-state index contributed by atoms with van der Waals surface area (Å²) < 4.78 is 21.0. The molecular weight excluding hydrogens is 406 g/mol. The summed E-state index contributed by atoms with van der Waals surface area (Å²) in [6, 6.07) is 8.59. The maximum atomic E-state index is 13.3. The van der Waals surface area contributed by atoms with Crippen LogP contribution in [0.1, 0.15) is 30.0 Å². The van der Waals surface area contributed by atoms with Crippen LogP contribution < -0.4 is 10.5 Å². The zero-order chi connectivity index (χ0) is 20.6. The molecule has 28 heavy (non-hydrogen) atoms. The van der Waals surface area contributed by atoms with Crippen LogP contribution in [0.4, 0.5) is 4.39 Å². The van der Waals surface area contributed by atoms with Gasteiger partial charge in [-0.05, 0) is 50.2 Å². The Hall–Kier alpha value is -2.64. The molecule has 0 saturated heterocycles. The summed E-state index contributed by atoms with van der Waals surface area (Å²) in [5, 5.41) is 8.90. The summed E-state index contributed by atoms with van der Waals surface area (Å²) in [5.41, 5.74) is 5.23. The Morgan fingerprint density at radius 3 is 2.46 bits per heavy atom. The Labute approximate surface area is 171 Å². The number of hydrogen-bond acceptors (Lipinski definition) is 4. The first-order valence-corrected chi connectivity index (χ1v) is 8.99. The van der Waals surface area contributed by atoms with Gasteiger partial charge in [-0.25, -0.2) is 4.39 Å². The molecule has 3 aromatic rings. The molecule has 0 atom stereocenters. The second-order valence-electron chi connectivity index (χ2n) is 6.65. The minimum atomic E-state index is -0.929. The van der Waals surface area contributed by atoms with Gasteiger partial charge in [-0.3, -0.25) is 4.79 Å². The number of nitrogens with two attached hydrogens (primary N) is 1. The van der Waals surface area contributed by atoms with Crippen molar-refractivity contribution >= 4 is 29.1 Å². The second kappa shape index (κ2) is 7.41. The predicted molar refractivity (Wildman–Crippen MR) is 105 cm³/mol. The van der Waals surface area contributed by atoms with Crippen molar-refractivity contribution in [3.63, 3.8) is 0 Å². The zero-order valence-corrected chi connectivity index (χ0v) is 16.8. The van der Waals surface area contributed by atoms with Crippen LogP contribution in [-0.4, -0.2) is 20.7 Å². The molecule has 1 amide bonds. The average molecular weight is 423 g/mol. The van der Waals surface area contributed by atoms with Gasteiger partial charge in [0.15, 0.2) is 17.2 Å². The van der Waals surface area contributed by atoms with E-state index < -0.39 is 17.3 Å². The van der Waals surface area contributed by atoms with E-state index in [1.54, 1.807) is 37.6 Å². The van der Waals surface area contributed by atoms with Gasteiger partial charge in [-0.1, -0.05) is 23.2 Å². The van der Waals surface area contributed by atoms with Gasteiger partial charge in [0.2, 0.25) is 5.91 Å². The number of nitrogens with zero attached hydrogens (tertiary/aromatic N) is 3. The molecule has 0 aliphatic rings. The molecule has 0 saturated carbocycles. The summed E-state index contributed by atoms with van der Waals surface area (Å²) in [4.78, 5) is 11.3. The molecule has 0 unspecified atom stereocenters. The molecule has 2 aromatic carbocycles. The van der Waals surface area contributed by atoms with Gasteiger partial charge in [0, 0.05) is 18.2 Å². The van der Waals surface area contributed by atoms with E-state index in [4.69, 9.17) is 33.7 Å². The maximum absolute atomic E-state index is 13.3. The van der Waals surface area contributed by atoms with Crippen LogP contribution in [0.25, 0.3) is 11.4 Å². The molecule has 2 N–H and O–H groups in total. The van der Waals surface area contributed by atoms with Crippen molar-refractivity contribution in [1.29, 1.82) is 0 Å².